The van der Waals surface area contributed by atoms with Gasteiger partial charge in [0.25, 0.3) is 5.91 Å². The molecule has 2 aliphatic rings. The molecule has 5 heteroatoms. The second kappa shape index (κ2) is 6.71. The number of fused-ring (bicyclic) bond motifs is 2. The first-order chi connectivity index (χ1) is 12.5. The Morgan fingerprint density at radius 2 is 2.15 bits per heavy atom. The van der Waals surface area contributed by atoms with Crippen LogP contribution in [0.4, 0.5) is 0 Å². The van der Waals surface area contributed by atoms with Gasteiger partial charge in [0, 0.05) is 38.2 Å². The lowest BCUT2D eigenvalue weighted by atomic mass is 9.92. The van der Waals surface area contributed by atoms with E-state index >= 15 is 0 Å². The quantitative estimate of drug-likeness (QED) is 0.778. The van der Waals surface area contributed by atoms with E-state index in [1.165, 1.54) is 12.8 Å². The molecule has 0 radical (unpaired) electrons. The van der Waals surface area contributed by atoms with Gasteiger partial charge in [-0.05, 0) is 56.1 Å². The average molecular weight is 350 g/mol. The normalized spacial score (nSPS) is 23.6. The topological polar surface area (TPSA) is 51.0 Å². The van der Waals surface area contributed by atoms with E-state index in [0.717, 1.165) is 29.1 Å². The zero-order valence-corrected chi connectivity index (χ0v) is 15.7. The number of carbonyl (C=O) groups excluding carboxylic acids is 1. The lowest BCUT2D eigenvalue weighted by molar-refractivity contribution is 0.0703. The molecule has 0 spiro atoms. The van der Waals surface area contributed by atoms with Crippen LogP contribution in [-0.4, -0.2) is 32.1 Å². The van der Waals surface area contributed by atoms with E-state index in [0.29, 0.717) is 24.3 Å². The molecule has 1 amide bonds. The second-order valence-corrected chi connectivity index (χ2v) is 7.76. The Balaban J connectivity index is 1.61. The SMILES string of the molecule is Cc1nn(C)c(C)c1C(=O)N(Cc1cccnc1)C[C@@H]1C[C@@H]2C=C[C@H]1C2. The summed E-state index contributed by atoms with van der Waals surface area (Å²) in [5.74, 6) is 1.98. The molecular formula is C21H26N4O. The summed E-state index contributed by atoms with van der Waals surface area (Å²) in [6.07, 6.45) is 10.8. The van der Waals surface area contributed by atoms with Crippen molar-refractivity contribution in [1.29, 1.82) is 0 Å². The van der Waals surface area contributed by atoms with Crippen LogP contribution in [0.5, 0.6) is 0 Å². The van der Waals surface area contributed by atoms with Crippen molar-refractivity contribution >= 4 is 5.91 Å². The van der Waals surface area contributed by atoms with Crippen LogP contribution in [0, 0.1) is 31.6 Å². The van der Waals surface area contributed by atoms with Crippen LogP contribution in [0.2, 0.25) is 0 Å². The Morgan fingerprint density at radius 1 is 1.31 bits per heavy atom. The maximum atomic E-state index is 13.4. The highest BCUT2D eigenvalue weighted by atomic mass is 16.2. The van der Waals surface area contributed by atoms with Crippen molar-refractivity contribution in [3.63, 3.8) is 0 Å². The predicted molar refractivity (Wildman–Crippen MR) is 101 cm³/mol. The minimum absolute atomic E-state index is 0.0868. The molecule has 2 bridgehead atoms. The van der Waals surface area contributed by atoms with Crippen molar-refractivity contribution < 1.29 is 4.79 Å². The number of hydrogen-bond donors (Lipinski definition) is 0. The Labute approximate surface area is 154 Å². The van der Waals surface area contributed by atoms with Crippen LogP contribution < -0.4 is 0 Å². The van der Waals surface area contributed by atoms with Crippen LogP contribution in [0.3, 0.4) is 0 Å². The molecule has 1 saturated carbocycles. The Kier molecular flexibility index (Phi) is 4.39. The Hall–Kier alpha value is -2.43. The zero-order valence-electron chi connectivity index (χ0n) is 15.7. The smallest absolute Gasteiger partial charge is 0.257 e. The highest BCUT2D eigenvalue weighted by molar-refractivity contribution is 5.96. The van der Waals surface area contributed by atoms with Crippen molar-refractivity contribution in [2.24, 2.45) is 24.8 Å². The van der Waals surface area contributed by atoms with E-state index in [9.17, 15) is 4.79 Å². The fourth-order valence-corrected chi connectivity index (χ4v) is 4.56. The maximum Gasteiger partial charge on any atom is 0.257 e. The lowest BCUT2D eigenvalue weighted by Gasteiger charge is -2.29. The molecule has 0 saturated heterocycles. The van der Waals surface area contributed by atoms with Gasteiger partial charge in [-0.15, -0.1) is 0 Å². The van der Waals surface area contributed by atoms with Gasteiger partial charge in [0.05, 0.1) is 11.3 Å². The fourth-order valence-electron chi connectivity index (χ4n) is 4.56. The molecule has 5 nitrogen and oxygen atoms in total. The van der Waals surface area contributed by atoms with Crippen LogP contribution in [0.1, 0.15) is 40.2 Å². The monoisotopic (exact) mass is 350 g/mol. The first kappa shape index (κ1) is 17.0. The first-order valence-electron chi connectivity index (χ1n) is 9.39. The summed E-state index contributed by atoms with van der Waals surface area (Å²) in [6, 6.07) is 3.97. The standard InChI is InChI=1S/C21H26N4O/c1-14-20(15(2)24(3)23-14)21(26)25(12-17-5-4-8-22-11-17)13-19-10-16-6-7-18(19)9-16/h4-8,11,16,18-19H,9-10,12-13H2,1-3H3/t16-,18+,19+/m1/s1. The molecule has 2 aromatic heterocycles. The van der Waals surface area contributed by atoms with Crippen molar-refractivity contribution in [1.82, 2.24) is 19.7 Å². The predicted octanol–water partition coefficient (Wildman–Crippen LogP) is 3.29. The van der Waals surface area contributed by atoms with Gasteiger partial charge in [0.15, 0.2) is 0 Å². The van der Waals surface area contributed by atoms with Gasteiger partial charge in [0.2, 0.25) is 0 Å². The third-order valence-electron chi connectivity index (χ3n) is 5.98. The number of carbonyl (C=O) groups is 1. The van der Waals surface area contributed by atoms with Gasteiger partial charge in [-0.2, -0.15) is 5.10 Å². The zero-order chi connectivity index (χ0) is 18.3. The number of aromatic nitrogens is 3. The van der Waals surface area contributed by atoms with Gasteiger partial charge in [-0.3, -0.25) is 14.5 Å². The number of nitrogens with zero attached hydrogens (tertiary/aromatic N) is 4. The van der Waals surface area contributed by atoms with E-state index in [1.807, 2.05) is 44.1 Å². The van der Waals surface area contributed by atoms with Gasteiger partial charge in [-0.1, -0.05) is 18.2 Å². The summed E-state index contributed by atoms with van der Waals surface area (Å²) in [7, 11) is 1.89. The van der Waals surface area contributed by atoms with E-state index < -0.39 is 0 Å². The molecule has 2 aromatic rings. The third-order valence-corrected chi connectivity index (χ3v) is 5.98. The molecule has 0 N–H and O–H groups in total. The summed E-state index contributed by atoms with van der Waals surface area (Å²) in [4.78, 5) is 19.7. The second-order valence-electron chi connectivity index (χ2n) is 7.76. The molecular weight excluding hydrogens is 324 g/mol. The molecule has 136 valence electrons. The van der Waals surface area contributed by atoms with Crippen molar-refractivity contribution in [2.45, 2.75) is 33.2 Å². The largest absolute Gasteiger partial charge is 0.334 e. The lowest BCUT2D eigenvalue weighted by Crippen LogP contribution is -2.36. The highest BCUT2D eigenvalue weighted by Gasteiger charge is 2.37. The minimum Gasteiger partial charge on any atom is -0.334 e. The van der Waals surface area contributed by atoms with Crippen molar-refractivity contribution in [2.75, 3.05) is 6.54 Å². The molecule has 0 unspecified atom stereocenters. The average Bonchev–Trinajstić information content (AvgIpc) is 3.30. The summed E-state index contributed by atoms with van der Waals surface area (Å²) in [5.41, 5.74) is 3.55. The van der Waals surface area contributed by atoms with Crippen LogP contribution in [0.15, 0.2) is 36.7 Å². The van der Waals surface area contributed by atoms with Crippen LogP contribution >= 0.6 is 0 Å². The van der Waals surface area contributed by atoms with Gasteiger partial charge >= 0.3 is 0 Å². The summed E-state index contributed by atoms with van der Waals surface area (Å²) < 4.78 is 1.80. The van der Waals surface area contributed by atoms with Crippen molar-refractivity contribution in [3.8, 4) is 0 Å². The number of allylic oxidation sites excluding steroid dienone is 2. The van der Waals surface area contributed by atoms with Gasteiger partial charge < -0.3 is 4.90 Å². The van der Waals surface area contributed by atoms with Crippen molar-refractivity contribution in [3.05, 3.63) is 59.2 Å². The van der Waals surface area contributed by atoms with E-state index in [2.05, 4.69) is 22.2 Å². The number of hydrogen-bond acceptors (Lipinski definition) is 3. The minimum atomic E-state index is 0.0868. The van der Waals surface area contributed by atoms with Gasteiger partial charge in [0.1, 0.15) is 0 Å². The van der Waals surface area contributed by atoms with E-state index in [4.69, 9.17) is 0 Å². The number of aryl methyl sites for hydroxylation is 2. The van der Waals surface area contributed by atoms with Crippen LogP contribution in [-0.2, 0) is 13.6 Å². The van der Waals surface area contributed by atoms with E-state index in [1.54, 1.807) is 10.9 Å². The summed E-state index contributed by atoms with van der Waals surface area (Å²) in [6.45, 7) is 5.28. The molecule has 3 atom stereocenters. The van der Waals surface area contributed by atoms with Gasteiger partial charge in [-0.25, -0.2) is 0 Å². The Bertz CT molecular complexity index is 839. The number of pyridine rings is 1. The molecule has 0 aliphatic heterocycles. The summed E-state index contributed by atoms with van der Waals surface area (Å²) in [5, 5.41) is 4.44. The first-order valence-corrected chi connectivity index (χ1v) is 9.39. The number of rotatable bonds is 5. The molecule has 0 aromatic carbocycles. The molecule has 2 heterocycles. The molecule has 4 rings (SSSR count). The Morgan fingerprint density at radius 3 is 2.73 bits per heavy atom. The molecule has 26 heavy (non-hydrogen) atoms. The van der Waals surface area contributed by atoms with Crippen LogP contribution in [0.25, 0.3) is 0 Å². The van der Waals surface area contributed by atoms with E-state index in [-0.39, 0.29) is 5.91 Å². The third kappa shape index (κ3) is 3.06. The molecule has 1 fully saturated rings. The summed E-state index contributed by atoms with van der Waals surface area (Å²) >= 11 is 0. The fraction of sp³-hybridized carbons (Fsp3) is 0.476. The highest BCUT2D eigenvalue weighted by Crippen LogP contribution is 2.43. The molecule has 2 aliphatic carbocycles. The maximum absolute atomic E-state index is 13.4. The number of amides is 1.